The summed E-state index contributed by atoms with van der Waals surface area (Å²) in [6.45, 7) is 3.89. The van der Waals surface area contributed by atoms with Crippen molar-refractivity contribution in [2.45, 2.75) is 19.9 Å². The van der Waals surface area contributed by atoms with E-state index >= 15 is 0 Å². The second-order valence-corrected chi connectivity index (χ2v) is 6.02. The SMILES string of the molecule is CC(C)n1nc(-c2cccc(Br)c2)c2ncccc2c1=O. The van der Waals surface area contributed by atoms with Crippen LogP contribution in [0.3, 0.4) is 0 Å². The fraction of sp³-hybridized carbons (Fsp3) is 0.188. The Morgan fingerprint density at radius 3 is 2.71 bits per heavy atom. The Morgan fingerprint density at radius 1 is 1.19 bits per heavy atom. The van der Waals surface area contributed by atoms with Gasteiger partial charge < -0.3 is 0 Å². The van der Waals surface area contributed by atoms with Crippen LogP contribution >= 0.6 is 15.9 Å². The molecule has 0 aliphatic carbocycles. The fourth-order valence-corrected chi connectivity index (χ4v) is 2.67. The third-order valence-corrected chi connectivity index (χ3v) is 3.76. The smallest absolute Gasteiger partial charge is 0.267 e. The van der Waals surface area contributed by atoms with Crippen molar-refractivity contribution in [1.29, 1.82) is 0 Å². The number of halogens is 1. The van der Waals surface area contributed by atoms with Crippen LogP contribution in [0.25, 0.3) is 22.2 Å². The molecule has 2 aromatic heterocycles. The minimum Gasteiger partial charge on any atom is -0.267 e. The summed E-state index contributed by atoms with van der Waals surface area (Å²) in [5.41, 5.74) is 2.19. The second-order valence-electron chi connectivity index (χ2n) is 5.10. The van der Waals surface area contributed by atoms with E-state index in [2.05, 4.69) is 26.0 Å². The summed E-state index contributed by atoms with van der Waals surface area (Å²) in [4.78, 5) is 16.8. The first-order valence-electron chi connectivity index (χ1n) is 6.71. The predicted molar refractivity (Wildman–Crippen MR) is 87.3 cm³/mol. The summed E-state index contributed by atoms with van der Waals surface area (Å²) in [5.74, 6) is 0. The van der Waals surface area contributed by atoms with Gasteiger partial charge in [-0.05, 0) is 38.1 Å². The highest BCUT2D eigenvalue weighted by molar-refractivity contribution is 9.10. The van der Waals surface area contributed by atoms with Crippen molar-refractivity contribution < 1.29 is 0 Å². The van der Waals surface area contributed by atoms with Gasteiger partial charge in [-0.2, -0.15) is 5.10 Å². The van der Waals surface area contributed by atoms with E-state index in [0.717, 1.165) is 15.7 Å². The molecular weight excluding hydrogens is 330 g/mol. The molecule has 0 amide bonds. The number of rotatable bonds is 2. The summed E-state index contributed by atoms with van der Waals surface area (Å²) in [7, 11) is 0. The van der Waals surface area contributed by atoms with Crippen LogP contribution in [0, 0.1) is 0 Å². The average Bonchev–Trinajstić information content (AvgIpc) is 2.47. The number of hydrogen-bond acceptors (Lipinski definition) is 3. The lowest BCUT2D eigenvalue weighted by atomic mass is 10.1. The molecule has 0 radical (unpaired) electrons. The zero-order chi connectivity index (χ0) is 15.0. The van der Waals surface area contributed by atoms with Gasteiger partial charge in [0.2, 0.25) is 0 Å². The zero-order valence-corrected chi connectivity index (χ0v) is 13.3. The monoisotopic (exact) mass is 343 g/mol. The van der Waals surface area contributed by atoms with Crippen LogP contribution in [0.1, 0.15) is 19.9 Å². The van der Waals surface area contributed by atoms with Crippen LogP contribution in [0.2, 0.25) is 0 Å². The largest absolute Gasteiger partial charge is 0.276 e. The number of fused-ring (bicyclic) bond motifs is 1. The number of nitrogens with zero attached hydrogens (tertiary/aromatic N) is 3. The summed E-state index contributed by atoms with van der Waals surface area (Å²) >= 11 is 3.47. The topological polar surface area (TPSA) is 47.8 Å². The van der Waals surface area contributed by atoms with Crippen LogP contribution in [-0.4, -0.2) is 14.8 Å². The molecule has 0 N–H and O–H groups in total. The van der Waals surface area contributed by atoms with Gasteiger partial charge in [-0.15, -0.1) is 0 Å². The molecule has 0 saturated heterocycles. The molecule has 3 aromatic rings. The van der Waals surface area contributed by atoms with Crippen molar-refractivity contribution in [3.8, 4) is 11.3 Å². The molecule has 1 aromatic carbocycles. The molecule has 21 heavy (non-hydrogen) atoms. The van der Waals surface area contributed by atoms with E-state index in [1.54, 1.807) is 18.3 Å². The molecule has 0 fully saturated rings. The molecule has 0 atom stereocenters. The first kappa shape index (κ1) is 13.9. The van der Waals surface area contributed by atoms with Crippen molar-refractivity contribution in [2.24, 2.45) is 0 Å². The van der Waals surface area contributed by atoms with Crippen molar-refractivity contribution >= 4 is 26.8 Å². The molecule has 0 unspecified atom stereocenters. The molecule has 4 nitrogen and oxygen atoms in total. The maximum Gasteiger partial charge on any atom is 0.276 e. The molecule has 5 heteroatoms. The third-order valence-electron chi connectivity index (χ3n) is 3.27. The van der Waals surface area contributed by atoms with Crippen molar-refractivity contribution in [3.05, 3.63) is 57.4 Å². The molecule has 2 heterocycles. The van der Waals surface area contributed by atoms with Gasteiger partial charge in [-0.25, -0.2) is 4.68 Å². The zero-order valence-electron chi connectivity index (χ0n) is 11.7. The first-order valence-corrected chi connectivity index (χ1v) is 7.50. The van der Waals surface area contributed by atoms with Crippen molar-refractivity contribution in [1.82, 2.24) is 14.8 Å². The number of hydrogen-bond donors (Lipinski definition) is 0. The van der Waals surface area contributed by atoms with Crippen LogP contribution in [0.5, 0.6) is 0 Å². The van der Waals surface area contributed by atoms with Crippen LogP contribution < -0.4 is 5.56 Å². The number of aromatic nitrogens is 3. The van der Waals surface area contributed by atoms with E-state index in [1.807, 2.05) is 38.1 Å². The third kappa shape index (κ3) is 2.49. The Balaban J connectivity index is 2.42. The maximum absolute atomic E-state index is 12.5. The molecule has 0 bridgehead atoms. The van der Waals surface area contributed by atoms with Gasteiger partial charge in [0.1, 0.15) is 11.2 Å². The highest BCUT2D eigenvalue weighted by Gasteiger charge is 2.14. The standard InChI is InChI=1S/C16H14BrN3O/c1-10(2)20-16(21)13-7-4-8-18-15(13)14(19-20)11-5-3-6-12(17)9-11/h3-10H,1-2H3. The molecule has 0 saturated carbocycles. The lowest BCUT2D eigenvalue weighted by Crippen LogP contribution is -2.25. The highest BCUT2D eigenvalue weighted by atomic mass is 79.9. The minimum absolute atomic E-state index is 0.00647. The van der Waals surface area contributed by atoms with Gasteiger partial charge in [-0.1, -0.05) is 28.1 Å². The summed E-state index contributed by atoms with van der Waals surface area (Å²) in [5, 5.41) is 5.13. The molecule has 0 aliphatic heterocycles. The van der Waals surface area contributed by atoms with E-state index in [9.17, 15) is 4.79 Å². The Morgan fingerprint density at radius 2 is 2.00 bits per heavy atom. The molecule has 0 aliphatic rings. The lowest BCUT2D eigenvalue weighted by molar-refractivity contribution is 0.509. The van der Waals surface area contributed by atoms with Gasteiger partial charge in [0.05, 0.1) is 11.4 Å². The summed E-state index contributed by atoms with van der Waals surface area (Å²) in [6, 6.07) is 11.4. The van der Waals surface area contributed by atoms with Crippen molar-refractivity contribution in [2.75, 3.05) is 0 Å². The molecule has 106 valence electrons. The van der Waals surface area contributed by atoms with Gasteiger partial charge >= 0.3 is 0 Å². The molecule has 0 spiro atoms. The second kappa shape index (κ2) is 5.41. The Bertz CT molecular complexity index is 871. The van der Waals surface area contributed by atoms with E-state index in [1.165, 1.54) is 4.68 Å². The van der Waals surface area contributed by atoms with Crippen LogP contribution in [-0.2, 0) is 0 Å². The van der Waals surface area contributed by atoms with Gasteiger partial charge in [0, 0.05) is 16.2 Å². The summed E-state index contributed by atoms with van der Waals surface area (Å²) < 4.78 is 2.48. The van der Waals surface area contributed by atoms with Crippen molar-refractivity contribution in [3.63, 3.8) is 0 Å². The Hall–Kier alpha value is -2.01. The van der Waals surface area contributed by atoms with Gasteiger partial charge in [0.25, 0.3) is 5.56 Å². The number of pyridine rings is 1. The summed E-state index contributed by atoms with van der Waals surface area (Å²) in [6.07, 6.45) is 1.69. The van der Waals surface area contributed by atoms with Crippen LogP contribution in [0.15, 0.2) is 51.9 Å². The minimum atomic E-state index is -0.105. The van der Waals surface area contributed by atoms with E-state index in [4.69, 9.17) is 0 Å². The normalized spacial score (nSPS) is 11.2. The van der Waals surface area contributed by atoms with Gasteiger partial charge in [0.15, 0.2) is 0 Å². The van der Waals surface area contributed by atoms with E-state index in [0.29, 0.717) is 10.9 Å². The molecule has 3 rings (SSSR count). The molecular formula is C16H14BrN3O. The van der Waals surface area contributed by atoms with E-state index in [-0.39, 0.29) is 11.6 Å². The maximum atomic E-state index is 12.5. The highest BCUT2D eigenvalue weighted by Crippen LogP contribution is 2.25. The first-order chi connectivity index (χ1) is 10.1. The predicted octanol–water partition coefficient (Wildman–Crippen LogP) is 3.80. The quantitative estimate of drug-likeness (QED) is 0.710. The van der Waals surface area contributed by atoms with Gasteiger partial charge in [-0.3, -0.25) is 9.78 Å². The lowest BCUT2D eigenvalue weighted by Gasteiger charge is -2.13. The Kier molecular flexibility index (Phi) is 3.59. The fourth-order valence-electron chi connectivity index (χ4n) is 2.27. The van der Waals surface area contributed by atoms with E-state index < -0.39 is 0 Å². The van der Waals surface area contributed by atoms with Crippen LogP contribution in [0.4, 0.5) is 0 Å². The number of benzene rings is 1. The Labute approximate surface area is 130 Å². The average molecular weight is 344 g/mol.